The van der Waals surface area contributed by atoms with Gasteiger partial charge >= 0.3 is 0 Å². The summed E-state index contributed by atoms with van der Waals surface area (Å²) in [7, 11) is 0. The molecule has 4 rings (SSSR count). The van der Waals surface area contributed by atoms with Crippen molar-refractivity contribution in [2.75, 3.05) is 0 Å². The van der Waals surface area contributed by atoms with Crippen molar-refractivity contribution in [2.45, 2.75) is 71.6 Å². The smallest absolute Gasteiger partial charge is 0.0133 e. The SMILES string of the molecule is CCCC1CCCCC1C(CC)c1ccc(-c2ccc(-c3ccccc3)cc2)c(C)c1. The average molecular weight is 411 g/mol. The molecular weight excluding hydrogens is 372 g/mol. The first-order valence-corrected chi connectivity index (χ1v) is 12.5. The summed E-state index contributed by atoms with van der Waals surface area (Å²) in [6.45, 7) is 7.05. The van der Waals surface area contributed by atoms with Gasteiger partial charge in [-0.1, -0.05) is 119 Å². The molecule has 0 amide bonds. The minimum absolute atomic E-state index is 0.713. The zero-order valence-corrected chi connectivity index (χ0v) is 19.6. The second-order valence-electron chi connectivity index (χ2n) is 9.53. The molecule has 31 heavy (non-hydrogen) atoms. The average Bonchev–Trinajstić information content (AvgIpc) is 2.82. The van der Waals surface area contributed by atoms with E-state index in [0.717, 1.165) is 11.8 Å². The maximum absolute atomic E-state index is 2.49. The first-order chi connectivity index (χ1) is 15.2. The van der Waals surface area contributed by atoms with Crippen LogP contribution in [0.4, 0.5) is 0 Å². The van der Waals surface area contributed by atoms with Gasteiger partial charge in [0.2, 0.25) is 0 Å². The molecule has 3 atom stereocenters. The van der Waals surface area contributed by atoms with Crippen LogP contribution >= 0.6 is 0 Å². The van der Waals surface area contributed by atoms with Crippen LogP contribution in [0.15, 0.2) is 72.8 Å². The summed E-state index contributed by atoms with van der Waals surface area (Å²) in [5.74, 6) is 2.51. The molecule has 0 nitrogen and oxygen atoms in total. The third-order valence-electron chi connectivity index (χ3n) is 7.57. The van der Waals surface area contributed by atoms with E-state index in [-0.39, 0.29) is 0 Å². The predicted molar refractivity (Wildman–Crippen MR) is 135 cm³/mol. The van der Waals surface area contributed by atoms with Gasteiger partial charge in [0.25, 0.3) is 0 Å². The van der Waals surface area contributed by atoms with Crippen molar-refractivity contribution < 1.29 is 0 Å². The third-order valence-corrected chi connectivity index (χ3v) is 7.57. The summed E-state index contributed by atoms with van der Waals surface area (Å²) < 4.78 is 0. The van der Waals surface area contributed by atoms with Crippen LogP contribution in [0.2, 0.25) is 0 Å². The van der Waals surface area contributed by atoms with E-state index in [1.807, 2.05) is 0 Å². The van der Waals surface area contributed by atoms with Gasteiger partial charge in [0.15, 0.2) is 0 Å². The molecule has 0 bridgehead atoms. The van der Waals surface area contributed by atoms with Crippen LogP contribution in [0.1, 0.15) is 75.8 Å². The van der Waals surface area contributed by atoms with Gasteiger partial charge in [-0.2, -0.15) is 0 Å². The monoisotopic (exact) mass is 410 g/mol. The normalized spacial score (nSPS) is 19.8. The molecule has 162 valence electrons. The van der Waals surface area contributed by atoms with Crippen molar-refractivity contribution in [3.05, 3.63) is 83.9 Å². The van der Waals surface area contributed by atoms with Gasteiger partial charge in [-0.15, -0.1) is 0 Å². The van der Waals surface area contributed by atoms with Gasteiger partial charge in [0, 0.05) is 0 Å². The van der Waals surface area contributed by atoms with Crippen LogP contribution in [-0.2, 0) is 0 Å². The van der Waals surface area contributed by atoms with Crippen LogP contribution in [0, 0.1) is 18.8 Å². The largest absolute Gasteiger partial charge is 0.0654 e. The highest BCUT2D eigenvalue weighted by Gasteiger charge is 2.31. The van der Waals surface area contributed by atoms with Crippen LogP contribution in [0.5, 0.6) is 0 Å². The van der Waals surface area contributed by atoms with Crippen LogP contribution in [-0.4, -0.2) is 0 Å². The van der Waals surface area contributed by atoms with Crippen molar-refractivity contribution in [2.24, 2.45) is 11.8 Å². The number of hydrogen-bond acceptors (Lipinski definition) is 0. The molecule has 1 aliphatic rings. The molecule has 3 aromatic rings. The number of rotatable bonds is 7. The lowest BCUT2D eigenvalue weighted by atomic mass is 9.68. The van der Waals surface area contributed by atoms with Crippen molar-refractivity contribution in [3.8, 4) is 22.3 Å². The van der Waals surface area contributed by atoms with Crippen molar-refractivity contribution in [1.82, 2.24) is 0 Å². The Morgan fingerprint density at radius 2 is 1.45 bits per heavy atom. The highest BCUT2D eigenvalue weighted by atomic mass is 14.4. The molecule has 3 aromatic carbocycles. The quantitative estimate of drug-likeness (QED) is 0.364. The maximum atomic E-state index is 2.49. The molecule has 1 aliphatic carbocycles. The summed E-state index contributed by atoms with van der Waals surface area (Å²) in [6, 6.07) is 27.0. The fourth-order valence-corrected chi connectivity index (χ4v) is 6.00. The Morgan fingerprint density at radius 3 is 2.13 bits per heavy atom. The summed E-state index contributed by atoms with van der Waals surface area (Å²) in [5, 5.41) is 0. The highest BCUT2D eigenvalue weighted by Crippen LogP contribution is 2.44. The van der Waals surface area contributed by atoms with E-state index in [2.05, 4.69) is 93.6 Å². The van der Waals surface area contributed by atoms with Crippen LogP contribution in [0.3, 0.4) is 0 Å². The van der Waals surface area contributed by atoms with E-state index in [9.17, 15) is 0 Å². The molecule has 0 N–H and O–H groups in total. The Bertz CT molecular complexity index is 949. The zero-order valence-electron chi connectivity index (χ0n) is 19.6. The van der Waals surface area contributed by atoms with E-state index >= 15 is 0 Å². The van der Waals surface area contributed by atoms with E-state index in [0.29, 0.717) is 5.92 Å². The molecule has 0 heterocycles. The fourth-order valence-electron chi connectivity index (χ4n) is 6.00. The summed E-state index contributed by atoms with van der Waals surface area (Å²) >= 11 is 0. The molecule has 0 aliphatic heterocycles. The van der Waals surface area contributed by atoms with Crippen molar-refractivity contribution in [3.63, 3.8) is 0 Å². The minimum atomic E-state index is 0.713. The molecule has 0 aromatic heterocycles. The fraction of sp³-hybridized carbons (Fsp3) is 0.419. The van der Waals surface area contributed by atoms with E-state index in [1.54, 1.807) is 5.56 Å². The molecule has 0 radical (unpaired) electrons. The predicted octanol–water partition coefficient (Wildman–Crippen LogP) is 9.43. The molecule has 1 fully saturated rings. The first-order valence-electron chi connectivity index (χ1n) is 12.5. The van der Waals surface area contributed by atoms with E-state index in [1.165, 1.54) is 72.8 Å². The first kappa shape index (κ1) is 21.9. The van der Waals surface area contributed by atoms with Gasteiger partial charge in [-0.25, -0.2) is 0 Å². The molecule has 0 spiro atoms. The van der Waals surface area contributed by atoms with Gasteiger partial charge in [0.05, 0.1) is 0 Å². The Kier molecular flexibility index (Phi) is 7.28. The Balaban J connectivity index is 1.57. The topological polar surface area (TPSA) is 0 Å². The van der Waals surface area contributed by atoms with Crippen LogP contribution in [0.25, 0.3) is 22.3 Å². The van der Waals surface area contributed by atoms with Gasteiger partial charge < -0.3 is 0 Å². The molecule has 3 unspecified atom stereocenters. The Hall–Kier alpha value is -2.34. The van der Waals surface area contributed by atoms with Gasteiger partial charge in [-0.3, -0.25) is 0 Å². The molecule has 0 saturated heterocycles. The highest BCUT2D eigenvalue weighted by molar-refractivity contribution is 5.72. The number of aryl methyl sites for hydroxylation is 1. The summed E-state index contributed by atoms with van der Waals surface area (Å²) in [4.78, 5) is 0. The number of hydrogen-bond donors (Lipinski definition) is 0. The second kappa shape index (κ2) is 10.3. The minimum Gasteiger partial charge on any atom is -0.0654 e. The van der Waals surface area contributed by atoms with E-state index in [4.69, 9.17) is 0 Å². The zero-order chi connectivity index (χ0) is 21.6. The standard InChI is InChI=1S/C31H38/c1-4-11-26-14-9-10-15-31(26)29(5-2)28-20-21-30(23(3)22-28)27-18-16-25(17-19-27)24-12-7-6-8-13-24/h6-8,12-13,16-22,26,29,31H,4-5,9-11,14-15H2,1-3H3. The third kappa shape index (κ3) is 4.95. The van der Waals surface area contributed by atoms with Gasteiger partial charge in [-0.05, 0) is 70.9 Å². The molecule has 0 heteroatoms. The van der Waals surface area contributed by atoms with Crippen molar-refractivity contribution >= 4 is 0 Å². The molecule has 1 saturated carbocycles. The lowest BCUT2D eigenvalue weighted by Crippen LogP contribution is -2.25. The van der Waals surface area contributed by atoms with Crippen LogP contribution < -0.4 is 0 Å². The summed E-state index contributed by atoms with van der Waals surface area (Å²) in [5.41, 5.74) is 8.22. The molecular formula is C31H38. The maximum Gasteiger partial charge on any atom is -0.0133 e. The Labute approximate surface area is 189 Å². The van der Waals surface area contributed by atoms with E-state index < -0.39 is 0 Å². The lowest BCUT2D eigenvalue weighted by molar-refractivity contribution is 0.185. The lowest BCUT2D eigenvalue weighted by Gasteiger charge is -2.37. The Morgan fingerprint density at radius 1 is 0.774 bits per heavy atom. The number of benzene rings is 3. The second-order valence-corrected chi connectivity index (χ2v) is 9.53. The van der Waals surface area contributed by atoms with Crippen molar-refractivity contribution in [1.29, 1.82) is 0 Å². The summed E-state index contributed by atoms with van der Waals surface area (Å²) in [6.07, 6.45) is 9.72. The van der Waals surface area contributed by atoms with Gasteiger partial charge in [0.1, 0.15) is 0 Å².